The molecule has 0 saturated carbocycles. The highest BCUT2D eigenvalue weighted by atomic mass is 33.1. The van der Waals surface area contributed by atoms with Crippen LogP contribution in [-0.2, 0) is 25.5 Å². The Bertz CT molecular complexity index is 848. The van der Waals surface area contributed by atoms with Gasteiger partial charge in [-0.05, 0) is 17.9 Å². The number of nitrogens with one attached hydrogen (secondary N) is 3. The van der Waals surface area contributed by atoms with E-state index in [4.69, 9.17) is 16.3 Å². The van der Waals surface area contributed by atoms with E-state index in [1.54, 1.807) is 35.1 Å². The first-order valence-electron chi connectivity index (χ1n) is 11.2. The van der Waals surface area contributed by atoms with Crippen molar-refractivity contribution in [2.24, 2.45) is 17.5 Å². The van der Waals surface area contributed by atoms with Crippen molar-refractivity contribution >= 4 is 45.4 Å². The van der Waals surface area contributed by atoms with Crippen LogP contribution in [0.15, 0.2) is 30.3 Å². The first kappa shape index (κ1) is 30.6. The van der Waals surface area contributed by atoms with Gasteiger partial charge < -0.3 is 21.1 Å². The summed E-state index contributed by atoms with van der Waals surface area (Å²) in [5, 5.41) is 5.34. The minimum atomic E-state index is -1.22. The Kier molecular flexibility index (Phi) is 13.0. The molecule has 0 bridgehead atoms. The lowest BCUT2D eigenvalue weighted by Crippen LogP contribution is -2.57. The van der Waals surface area contributed by atoms with Crippen LogP contribution in [0.25, 0.3) is 0 Å². The number of carbonyl (C=O) groups excluding carboxylic acids is 4. The Morgan fingerprint density at radius 2 is 1.57 bits per heavy atom. The zero-order chi connectivity index (χ0) is 26.6. The van der Waals surface area contributed by atoms with Gasteiger partial charge in [0.05, 0.1) is 0 Å². The summed E-state index contributed by atoms with van der Waals surface area (Å²) < 4.78 is 4.99. The highest BCUT2D eigenvalue weighted by molar-refractivity contribution is 8.77. The Balaban J connectivity index is 2.97. The summed E-state index contributed by atoms with van der Waals surface area (Å²) in [5.41, 5.74) is 7.99. The lowest BCUT2D eigenvalue weighted by atomic mass is 10.0. The van der Waals surface area contributed by atoms with Crippen molar-refractivity contribution in [2.75, 3.05) is 5.75 Å². The maximum atomic E-state index is 13.1. The zero-order valence-electron chi connectivity index (χ0n) is 20.8. The van der Waals surface area contributed by atoms with Crippen LogP contribution in [0.2, 0.25) is 0 Å². The third-order valence-electron chi connectivity index (χ3n) is 4.47. The molecule has 0 aliphatic heterocycles. The van der Waals surface area contributed by atoms with Crippen molar-refractivity contribution in [3.05, 3.63) is 35.9 Å². The number of rotatable bonds is 13. The Hall–Kier alpha value is -2.44. The Morgan fingerprint density at radius 1 is 0.971 bits per heavy atom. The molecule has 0 aromatic heterocycles. The molecule has 0 saturated heterocycles. The van der Waals surface area contributed by atoms with E-state index in [1.807, 2.05) is 40.7 Å². The average Bonchev–Trinajstić information content (AvgIpc) is 2.76. The molecule has 1 rings (SSSR count). The van der Waals surface area contributed by atoms with Gasteiger partial charge in [-0.15, -0.1) is 0 Å². The summed E-state index contributed by atoms with van der Waals surface area (Å²) in [7, 11) is 3.00. The van der Waals surface area contributed by atoms with Crippen LogP contribution >= 0.6 is 21.6 Å². The second-order valence-corrected chi connectivity index (χ2v) is 12.5. The molecule has 1 aromatic carbocycles. The van der Waals surface area contributed by atoms with E-state index in [9.17, 15) is 19.2 Å². The smallest absolute Gasteiger partial charge is 0.405 e. The highest BCUT2D eigenvalue weighted by Gasteiger charge is 2.31. The molecule has 7 N–H and O–H groups in total. The van der Waals surface area contributed by atoms with E-state index in [2.05, 4.69) is 16.1 Å². The summed E-state index contributed by atoms with van der Waals surface area (Å²) in [4.78, 5) is 49.8. The van der Waals surface area contributed by atoms with Crippen molar-refractivity contribution in [3.63, 3.8) is 0 Å². The number of nitrogens with two attached hydrogens (primary N) is 2. The van der Waals surface area contributed by atoms with E-state index in [0.717, 1.165) is 5.56 Å². The number of hydrogen-bond acceptors (Lipinski definition) is 8. The summed E-state index contributed by atoms with van der Waals surface area (Å²) in [6.45, 7) is 9.90. The van der Waals surface area contributed by atoms with E-state index in [1.165, 1.54) is 10.8 Å². The van der Waals surface area contributed by atoms with Gasteiger partial charge in [0.15, 0.2) is 6.10 Å². The molecule has 4 amide bonds. The fraction of sp³-hybridized carbons (Fsp3) is 0.565. The minimum absolute atomic E-state index is 0.0409. The molecule has 0 aliphatic rings. The molecular formula is C23H37N5O5S2. The van der Waals surface area contributed by atoms with Crippen LogP contribution in [0.3, 0.4) is 0 Å². The molecule has 12 heteroatoms. The first-order valence-corrected chi connectivity index (χ1v) is 13.6. The van der Waals surface area contributed by atoms with Gasteiger partial charge in [0, 0.05) is 16.9 Å². The molecule has 196 valence electrons. The van der Waals surface area contributed by atoms with Gasteiger partial charge in [-0.2, -0.15) is 0 Å². The molecule has 3 unspecified atom stereocenters. The van der Waals surface area contributed by atoms with Gasteiger partial charge in [0.2, 0.25) is 5.91 Å². The fourth-order valence-electron chi connectivity index (χ4n) is 2.96. The van der Waals surface area contributed by atoms with Gasteiger partial charge >= 0.3 is 6.09 Å². The lowest BCUT2D eigenvalue weighted by molar-refractivity contribution is -0.135. The zero-order valence-corrected chi connectivity index (χ0v) is 22.5. The van der Waals surface area contributed by atoms with Gasteiger partial charge in [0.25, 0.3) is 11.8 Å². The topological polar surface area (TPSA) is 166 Å². The van der Waals surface area contributed by atoms with E-state index in [-0.39, 0.29) is 22.8 Å². The molecule has 0 radical (unpaired) electrons. The van der Waals surface area contributed by atoms with Crippen LogP contribution in [-0.4, -0.2) is 52.5 Å². The Morgan fingerprint density at radius 3 is 2.09 bits per heavy atom. The molecule has 0 fully saturated rings. The van der Waals surface area contributed by atoms with Gasteiger partial charge in [-0.25, -0.2) is 10.6 Å². The minimum Gasteiger partial charge on any atom is -0.436 e. The predicted octanol–water partition coefficient (Wildman–Crippen LogP) is 1.88. The van der Waals surface area contributed by atoms with Crippen LogP contribution in [0.4, 0.5) is 4.79 Å². The molecule has 0 aliphatic carbocycles. The number of carbonyl (C=O) groups is 4. The van der Waals surface area contributed by atoms with Gasteiger partial charge in [0.1, 0.15) is 12.1 Å². The molecule has 0 heterocycles. The maximum Gasteiger partial charge on any atom is 0.405 e. The number of amides is 4. The van der Waals surface area contributed by atoms with E-state index in [0.29, 0.717) is 6.42 Å². The van der Waals surface area contributed by atoms with E-state index >= 15 is 0 Å². The first-order chi connectivity index (χ1) is 16.3. The molecular weight excluding hydrogens is 490 g/mol. The summed E-state index contributed by atoms with van der Waals surface area (Å²) in [5.74, 6) is 3.88. The molecule has 1 aromatic rings. The average molecular weight is 528 g/mol. The van der Waals surface area contributed by atoms with Crippen LogP contribution in [0.5, 0.6) is 0 Å². The molecule has 0 spiro atoms. The van der Waals surface area contributed by atoms with Crippen LogP contribution in [0.1, 0.15) is 46.6 Å². The molecule has 35 heavy (non-hydrogen) atoms. The van der Waals surface area contributed by atoms with Crippen molar-refractivity contribution < 1.29 is 23.9 Å². The lowest BCUT2D eigenvalue weighted by Gasteiger charge is -2.26. The quantitative estimate of drug-likeness (QED) is 0.112. The van der Waals surface area contributed by atoms with Crippen molar-refractivity contribution in [1.82, 2.24) is 16.1 Å². The standard InChI is InChI=1S/C23H37N5O5S2/c1-14(2)11-16(19(29)27-17(20(30)28-25)13-34-35-23(3,4)5)26-21(31)18(33-22(24)32)12-15-9-7-6-8-10-15/h6-10,14,16-18H,11-13,25H2,1-5H3,(H2,24,32)(H,26,31)(H,27,29)(H,28,30). The summed E-state index contributed by atoms with van der Waals surface area (Å²) in [6.07, 6.45) is -1.93. The number of ether oxygens (including phenoxy) is 1. The van der Waals surface area contributed by atoms with Gasteiger partial charge in [-0.1, -0.05) is 86.5 Å². The highest BCUT2D eigenvalue weighted by Crippen LogP contribution is 2.35. The largest absolute Gasteiger partial charge is 0.436 e. The van der Waals surface area contributed by atoms with E-state index < -0.39 is 42.0 Å². The SMILES string of the molecule is CC(C)CC(NC(=O)C(Cc1ccccc1)OC(N)=O)C(=O)NC(CSSC(C)(C)C)C(=O)NN. The maximum absolute atomic E-state index is 13.1. The second kappa shape index (κ2) is 14.8. The van der Waals surface area contributed by atoms with Crippen molar-refractivity contribution in [1.29, 1.82) is 0 Å². The van der Waals surface area contributed by atoms with Crippen LogP contribution < -0.4 is 27.6 Å². The van der Waals surface area contributed by atoms with Gasteiger partial charge in [-0.3, -0.25) is 19.8 Å². The second-order valence-electron chi connectivity index (χ2n) is 9.36. The van der Waals surface area contributed by atoms with Crippen molar-refractivity contribution in [3.8, 4) is 0 Å². The number of benzene rings is 1. The summed E-state index contributed by atoms with van der Waals surface area (Å²) in [6, 6.07) is 7.11. The number of hydrogen-bond donors (Lipinski definition) is 5. The van der Waals surface area contributed by atoms with Crippen LogP contribution in [0, 0.1) is 5.92 Å². The third kappa shape index (κ3) is 12.7. The molecule has 10 nitrogen and oxygen atoms in total. The monoisotopic (exact) mass is 527 g/mol. The summed E-state index contributed by atoms with van der Waals surface area (Å²) >= 11 is 0. The Labute approximate surface area is 214 Å². The predicted molar refractivity (Wildman–Crippen MR) is 140 cm³/mol. The van der Waals surface area contributed by atoms with Crippen molar-refractivity contribution in [2.45, 2.75) is 70.4 Å². The normalized spacial score (nSPS) is 13.9. The number of hydrazine groups is 1. The fourth-order valence-corrected chi connectivity index (χ4v) is 5.42. The molecule has 3 atom stereocenters. The number of primary amides is 1. The third-order valence-corrected chi connectivity index (χ3v) is 7.82.